The third-order valence-corrected chi connectivity index (χ3v) is 7.81. The van der Waals surface area contributed by atoms with Gasteiger partial charge in [-0.3, -0.25) is 14.9 Å². The van der Waals surface area contributed by atoms with Gasteiger partial charge in [0.15, 0.2) is 0 Å². The standard InChI is InChI=1S/C25H39NO5S/c1-8-17(9-2)31-22-21(25(5,6)7)20(26(28)29)15-19(24(27)30-10-3)23(22)32-18-13-11-16(4)12-14-18/h11-14,17,19-23H,8-10,15H2,1-7H3/t19?,20?,21-,22+,23?/m1/s1. The van der Waals surface area contributed by atoms with Gasteiger partial charge < -0.3 is 9.47 Å². The molecule has 1 aliphatic rings. The Labute approximate surface area is 197 Å². The fourth-order valence-electron chi connectivity index (χ4n) is 4.75. The average molecular weight is 466 g/mol. The van der Waals surface area contributed by atoms with E-state index in [0.29, 0.717) is 0 Å². The van der Waals surface area contributed by atoms with E-state index in [-0.39, 0.29) is 46.6 Å². The summed E-state index contributed by atoms with van der Waals surface area (Å²) in [5.74, 6) is -1.30. The van der Waals surface area contributed by atoms with Gasteiger partial charge in [-0.05, 0) is 44.2 Å². The van der Waals surface area contributed by atoms with Crippen LogP contribution in [0.1, 0.15) is 66.4 Å². The summed E-state index contributed by atoms with van der Waals surface area (Å²) >= 11 is 1.59. The lowest BCUT2D eigenvalue weighted by molar-refractivity contribution is -0.544. The van der Waals surface area contributed by atoms with Crippen molar-refractivity contribution >= 4 is 17.7 Å². The predicted octanol–water partition coefficient (Wildman–Crippen LogP) is 5.92. The predicted molar refractivity (Wildman–Crippen MR) is 129 cm³/mol. The molecule has 1 aromatic rings. The van der Waals surface area contributed by atoms with Crippen molar-refractivity contribution in [1.29, 1.82) is 0 Å². The molecule has 32 heavy (non-hydrogen) atoms. The number of hydrogen-bond acceptors (Lipinski definition) is 6. The number of carbonyl (C=O) groups is 1. The van der Waals surface area contributed by atoms with Gasteiger partial charge in [0, 0.05) is 21.5 Å². The van der Waals surface area contributed by atoms with E-state index in [4.69, 9.17) is 9.47 Å². The van der Waals surface area contributed by atoms with E-state index in [1.807, 2.05) is 52.0 Å². The van der Waals surface area contributed by atoms with Crippen molar-refractivity contribution in [3.05, 3.63) is 39.9 Å². The molecule has 3 unspecified atom stereocenters. The molecule has 0 bridgehead atoms. The first kappa shape index (κ1) is 26.7. The molecular formula is C25H39NO5S. The molecule has 0 spiro atoms. The Balaban J connectivity index is 2.59. The smallest absolute Gasteiger partial charge is 0.310 e. The van der Waals surface area contributed by atoms with Crippen LogP contribution in [0.3, 0.4) is 0 Å². The third-order valence-electron chi connectivity index (χ3n) is 6.40. The number of hydrogen-bond donors (Lipinski definition) is 0. The van der Waals surface area contributed by atoms with E-state index < -0.39 is 18.1 Å². The van der Waals surface area contributed by atoms with Gasteiger partial charge in [0.05, 0.1) is 30.7 Å². The second-order valence-corrected chi connectivity index (χ2v) is 11.0. The molecule has 180 valence electrons. The molecule has 1 aliphatic carbocycles. The quantitative estimate of drug-likeness (QED) is 0.256. The molecule has 0 radical (unpaired) electrons. The summed E-state index contributed by atoms with van der Waals surface area (Å²) in [6.45, 7) is 14.3. The number of nitrogens with zero attached hydrogens (tertiary/aromatic N) is 1. The first-order valence-electron chi connectivity index (χ1n) is 11.7. The SMILES string of the molecule is CCOC(=O)C1CC([N+](=O)[O-])[C@@H](C(C)(C)C)[C@H](OC(CC)CC)C1Sc1ccc(C)cc1. The van der Waals surface area contributed by atoms with Gasteiger partial charge in [-0.1, -0.05) is 52.3 Å². The fraction of sp³-hybridized carbons (Fsp3) is 0.720. The maximum absolute atomic E-state index is 13.0. The van der Waals surface area contributed by atoms with Crippen LogP contribution >= 0.6 is 11.8 Å². The number of thioether (sulfide) groups is 1. The van der Waals surface area contributed by atoms with Gasteiger partial charge in [-0.25, -0.2) is 0 Å². The van der Waals surface area contributed by atoms with Crippen LogP contribution in [0.4, 0.5) is 0 Å². The van der Waals surface area contributed by atoms with Crippen molar-refractivity contribution in [2.45, 2.75) is 96.1 Å². The second kappa shape index (κ2) is 11.5. The summed E-state index contributed by atoms with van der Waals surface area (Å²) in [5.41, 5.74) is 0.797. The molecule has 1 saturated carbocycles. The molecule has 1 aromatic carbocycles. The molecule has 0 N–H and O–H groups in total. The highest BCUT2D eigenvalue weighted by molar-refractivity contribution is 8.00. The lowest BCUT2D eigenvalue weighted by Gasteiger charge is -2.48. The highest BCUT2D eigenvalue weighted by Crippen LogP contribution is 2.49. The zero-order valence-electron chi connectivity index (χ0n) is 20.5. The molecular weight excluding hydrogens is 426 g/mol. The average Bonchev–Trinajstić information content (AvgIpc) is 2.72. The van der Waals surface area contributed by atoms with Crippen molar-refractivity contribution in [3.8, 4) is 0 Å². The van der Waals surface area contributed by atoms with E-state index in [9.17, 15) is 14.9 Å². The van der Waals surface area contributed by atoms with E-state index in [1.165, 1.54) is 0 Å². The van der Waals surface area contributed by atoms with Gasteiger partial charge >= 0.3 is 5.97 Å². The normalized spacial score (nSPS) is 26.2. The number of carbonyl (C=O) groups excluding carboxylic acids is 1. The highest BCUT2D eigenvalue weighted by Gasteiger charge is 2.57. The zero-order chi connectivity index (χ0) is 24.1. The Morgan fingerprint density at radius 1 is 1.19 bits per heavy atom. The maximum atomic E-state index is 13.0. The molecule has 0 aromatic heterocycles. The van der Waals surface area contributed by atoms with Gasteiger partial charge in [0.25, 0.3) is 0 Å². The number of benzene rings is 1. The molecule has 5 atom stereocenters. The van der Waals surface area contributed by atoms with E-state index in [2.05, 4.69) is 13.8 Å². The minimum Gasteiger partial charge on any atom is -0.466 e. The Morgan fingerprint density at radius 2 is 1.78 bits per heavy atom. The molecule has 0 saturated heterocycles. The van der Waals surface area contributed by atoms with Crippen molar-refractivity contribution in [2.24, 2.45) is 17.3 Å². The molecule has 1 fully saturated rings. The highest BCUT2D eigenvalue weighted by atomic mass is 32.2. The minimum atomic E-state index is -0.862. The summed E-state index contributed by atoms with van der Waals surface area (Å²) in [5, 5.41) is 11.9. The molecule has 0 amide bonds. The molecule has 2 rings (SSSR count). The van der Waals surface area contributed by atoms with E-state index in [1.54, 1.807) is 18.7 Å². The number of ether oxygens (including phenoxy) is 2. The largest absolute Gasteiger partial charge is 0.466 e. The van der Waals surface area contributed by atoms with Crippen LogP contribution in [0.2, 0.25) is 0 Å². The molecule has 0 heterocycles. The van der Waals surface area contributed by atoms with Crippen molar-refractivity contribution in [1.82, 2.24) is 0 Å². The van der Waals surface area contributed by atoms with Gasteiger partial charge in [-0.15, -0.1) is 11.8 Å². The summed E-state index contributed by atoms with van der Waals surface area (Å²) in [4.78, 5) is 26.1. The number of esters is 1. The fourth-order valence-corrected chi connectivity index (χ4v) is 6.11. The van der Waals surface area contributed by atoms with Crippen LogP contribution in [-0.2, 0) is 14.3 Å². The Morgan fingerprint density at radius 3 is 2.25 bits per heavy atom. The summed E-state index contributed by atoms with van der Waals surface area (Å²) < 4.78 is 12.0. The summed E-state index contributed by atoms with van der Waals surface area (Å²) in [7, 11) is 0. The Bertz CT molecular complexity index is 757. The summed E-state index contributed by atoms with van der Waals surface area (Å²) in [6.07, 6.45) is 1.35. The van der Waals surface area contributed by atoms with Crippen LogP contribution in [0, 0.1) is 34.3 Å². The van der Waals surface area contributed by atoms with Crippen molar-refractivity contribution in [2.75, 3.05) is 6.61 Å². The van der Waals surface area contributed by atoms with Gasteiger partial charge in [-0.2, -0.15) is 0 Å². The minimum absolute atomic E-state index is 0.0145. The first-order chi connectivity index (χ1) is 15.0. The molecule has 0 aliphatic heterocycles. The summed E-state index contributed by atoms with van der Waals surface area (Å²) in [6, 6.07) is 7.31. The molecule has 6 nitrogen and oxygen atoms in total. The van der Waals surface area contributed by atoms with Crippen LogP contribution < -0.4 is 0 Å². The second-order valence-electron chi connectivity index (χ2n) is 9.77. The van der Waals surface area contributed by atoms with Crippen LogP contribution in [0.25, 0.3) is 0 Å². The topological polar surface area (TPSA) is 78.7 Å². The molecule has 7 heteroatoms. The number of aryl methyl sites for hydroxylation is 1. The van der Waals surface area contributed by atoms with Crippen LogP contribution in [0.5, 0.6) is 0 Å². The Kier molecular flexibility index (Phi) is 9.58. The maximum Gasteiger partial charge on any atom is 0.310 e. The van der Waals surface area contributed by atoms with Crippen LogP contribution in [-0.4, -0.2) is 41.0 Å². The van der Waals surface area contributed by atoms with Gasteiger partial charge in [0.1, 0.15) is 0 Å². The van der Waals surface area contributed by atoms with E-state index >= 15 is 0 Å². The number of rotatable bonds is 9. The van der Waals surface area contributed by atoms with Crippen LogP contribution in [0.15, 0.2) is 29.2 Å². The lowest BCUT2D eigenvalue weighted by Crippen LogP contribution is -2.59. The Hall–Kier alpha value is -1.60. The monoisotopic (exact) mass is 465 g/mol. The third kappa shape index (κ3) is 6.47. The van der Waals surface area contributed by atoms with Crippen molar-refractivity contribution in [3.63, 3.8) is 0 Å². The lowest BCUT2D eigenvalue weighted by atomic mass is 9.65. The van der Waals surface area contributed by atoms with Gasteiger partial charge in [0.2, 0.25) is 6.04 Å². The first-order valence-corrected chi connectivity index (χ1v) is 12.6. The zero-order valence-corrected chi connectivity index (χ0v) is 21.3. The number of nitro groups is 1. The van der Waals surface area contributed by atoms with Crippen molar-refractivity contribution < 1.29 is 19.2 Å². The van der Waals surface area contributed by atoms with E-state index in [0.717, 1.165) is 23.3 Å².